The lowest BCUT2D eigenvalue weighted by atomic mass is 10.2. The maximum atomic E-state index is 11.8. The number of hydrogen-bond acceptors (Lipinski definition) is 6. The maximum Gasteiger partial charge on any atom is 0.543 e. The molecule has 0 saturated heterocycles. The quantitative estimate of drug-likeness (QED) is 0.220. The van der Waals surface area contributed by atoms with E-state index in [1.807, 2.05) is 12.1 Å². The second-order valence-corrected chi connectivity index (χ2v) is 11.6. The van der Waals surface area contributed by atoms with Gasteiger partial charge >= 0.3 is 12.1 Å². The Bertz CT molecular complexity index is 521. The fourth-order valence-electron chi connectivity index (χ4n) is 1.94. The van der Waals surface area contributed by atoms with E-state index in [2.05, 4.69) is 41.4 Å². The molecule has 0 atom stereocenters. The predicted molar refractivity (Wildman–Crippen MR) is 92.5 cm³/mol. The molecule has 134 valence electrons. The van der Waals surface area contributed by atoms with E-state index in [-0.39, 0.29) is 6.61 Å². The van der Waals surface area contributed by atoms with Crippen molar-refractivity contribution >= 4 is 25.4 Å². The number of carbonyl (C=O) groups is 2. The van der Waals surface area contributed by atoms with Gasteiger partial charge in [-0.3, -0.25) is 4.89 Å². The van der Waals surface area contributed by atoms with Gasteiger partial charge in [-0.1, -0.05) is 63.1 Å². The van der Waals surface area contributed by atoms with E-state index in [1.165, 1.54) is 5.19 Å². The topological polar surface area (TPSA) is 71.1 Å². The molecule has 0 unspecified atom stereocenters. The number of unbranched alkanes of at least 4 members (excludes halogenated alkanes) is 3. The van der Waals surface area contributed by atoms with Gasteiger partial charge in [0.2, 0.25) is 0 Å². The Morgan fingerprint density at radius 1 is 0.958 bits per heavy atom. The SMILES string of the molecule is CCCCCCOC(=O)OOOC(=O)c1ccc([Si](C)(C)C)cc1. The van der Waals surface area contributed by atoms with Crippen molar-refractivity contribution in [3.63, 3.8) is 0 Å². The van der Waals surface area contributed by atoms with E-state index in [0.29, 0.717) is 5.56 Å². The largest absolute Gasteiger partial charge is 0.543 e. The van der Waals surface area contributed by atoms with Gasteiger partial charge in [-0.25, -0.2) is 14.5 Å². The summed E-state index contributed by atoms with van der Waals surface area (Å²) in [5.41, 5.74) is 0.313. The van der Waals surface area contributed by atoms with E-state index < -0.39 is 20.2 Å². The molecule has 0 aromatic heterocycles. The van der Waals surface area contributed by atoms with Gasteiger partial charge in [0, 0.05) is 0 Å². The average Bonchev–Trinajstić information content (AvgIpc) is 2.54. The van der Waals surface area contributed by atoms with Crippen LogP contribution in [0.15, 0.2) is 24.3 Å². The smallest absolute Gasteiger partial charge is 0.432 e. The molecule has 0 bridgehead atoms. The van der Waals surface area contributed by atoms with Crippen LogP contribution in [0.3, 0.4) is 0 Å². The molecule has 0 aliphatic heterocycles. The standard InChI is InChI=1S/C17H26O6Si/c1-5-6-7-8-13-20-17(19)22-23-21-16(18)14-9-11-15(12-10-14)24(2,3)4/h9-12H,5-8,13H2,1-4H3. The molecule has 1 aromatic carbocycles. The molecule has 0 radical (unpaired) electrons. The number of carbonyl (C=O) groups excluding carboxylic acids is 2. The summed E-state index contributed by atoms with van der Waals surface area (Å²) in [5, 5.41) is 5.40. The Morgan fingerprint density at radius 3 is 2.21 bits per heavy atom. The first kappa shape index (κ1) is 20.2. The highest BCUT2D eigenvalue weighted by Crippen LogP contribution is 2.06. The highest BCUT2D eigenvalue weighted by Gasteiger charge is 2.17. The molecule has 0 spiro atoms. The summed E-state index contributed by atoms with van der Waals surface area (Å²) in [7, 11) is -1.42. The van der Waals surface area contributed by atoms with E-state index in [1.54, 1.807) is 12.1 Å². The summed E-state index contributed by atoms with van der Waals surface area (Å²) in [6, 6.07) is 7.11. The van der Waals surface area contributed by atoms with Crippen molar-refractivity contribution in [1.82, 2.24) is 0 Å². The molecular formula is C17H26O6Si. The minimum atomic E-state index is -1.42. The van der Waals surface area contributed by atoms with Crippen molar-refractivity contribution in [2.24, 2.45) is 0 Å². The zero-order chi connectivity index (χ0) is 18.0. The number of hydrogen-bond donors (Lipinski definition) is 0. The Morgan fingerprint density at radius 2 is 1.62 bits per heavy atom. The van der Waals surface area contributed by atoms with Crippen molar-refractivity contribution in [1.29, 1.82) is 0 Å². The molecule has 6 nitrogen and oxygen atoms in total. The van der Waals surface area contributed by atoms with Crippen molar-refractivity contribution in [3.05, 3.63) is 29.8 Å². The van der Waals surface area contributed by atoms with E-state index in [0.717, 1.165) is 25.7 Å². The summed E-state index contributed by atoms with van der Waals surface area (Å²) >= 11 is 0. The molecular weight excluding hydrogens is 328 g/mol. The lowest BCUT2D eigenvalue weighted by molar-refractivity contribution is -0.452. The molecule has 0 fully saturated rings. The molecule has 1 aromatic rings. The van der Waals surface area contributed by atoms with E-state index in [4.69, 9.17) is 4.74 Å². The van der Waals surface area contributed by atoms with Crippen LogP contribution < -0.4 is 5.19 Å². The second-order valence-electron chi connectivity index (χ2n) is 6.51. The molecule has 0 saturated carbocycles. The average molecular weight is 354 g/mol. The monoisotopic (exact) mass is 354 g/mol. The van der Waals surface area contributed by atoms with Gasteiger partial charge in [-0.05, 0) is 18.6 Å². The fourth-order valence-corrected chi connectivity index (χ4v) is 3.11. The van der Waals surface area contributed by atoms with Crippen LogP contribution in [-0.4, -0.2) is 26.8 Å². The van der Waals surface area contributed by atoms with Crippen molar-refractivity contribution in [3.8, 4) is 0 Å². The Hall–Kier alpha value is -1.86. The number of rotatable bonds is 9. The first-order chi connectivity index (χ1) is 11.3. The Balaban J connectivity index is 2.27. The lowest BCUT2D eigenvalue weighted by Crippen LogP contribution is -2.37. The fraction of sp³-hybridized carbons (Fsp3) is 0.529. The van der Waals surface area contributed by atoms with E-state index >= 15 is 0 Å². The molecule has 7 heteroatoms. The zero-order valence-electron chi connectivity index (χ0n) is 14.8. The Kier molecular flexibility index (Phi) is 8.49. The highest BCUT2D eigenvalue weighted by molar-refractivity contribution is 6.88. The number of benzene rings is 1. The molecule has 24 heavy (non-hydrogen) atoms. The second kappa shape index (κ2) is 10.1. The van der Waals surface area contributed by atoms with E-state index in [9.17, 15) is 9.59 Å². The number of ether oxygens (including phenoxy) is 1. The summed E-state index contributed by atoms with van der Waals surface area (Å²) in [6.45, 7) is 8.98. The minimum absolute atomic E-state index is 0.244. The molecule has 0 aliphatic rings. The van der Waals surface area contributed by atoms with Crippen molar-refractivity contribution in [2.75, 3.05) is 6.61 Å². The van der Waals surface area contributed by atoms with Crippen LogP contribution in [0.5, 0.6) is 0 Å². The van der Waals surface area contributed by atoms with Crippen LogP contribution in [0, 0.1) is 0 Å². The van der Waals surface area contributed by atoms with Crippen LogP contribution in [0.25, 0.3) is 0 Å². The van der Waals surface area contributed by atoms with Gasteiger partial charge in [0.25, 0.3) is 0 Å². The predicted octanol–water partition coefficient (Wildman–Crippen LogP) is 3.97. The summed E-state index contributed by atoms with van der Waals surface area (Å²) in [4.78, 5) is 31.6. The normalized spacial score (nSPS) is 11.0. The summed E-state index contributed by atoms with van der Waals surface area (Å²) < 4.78 is 4.76. The molecule has 0 aliphatic carbocycles. The molecule has 0 N–H and O–H groups in total. The molecule has 0 amide bonds. The summed E-state index contributed by atoms with van der Waals surface area (Å²) in [5.74, 6) is -0.743. The van der Waals surface area contributed by atoms with Gasteiger partial charge in [0.15, 0.2) is 0 Å². The first-order valence-electron chi connectivity index (χ1n) is 8.17. The lowest BCUT2D eigenvalue weighted by Gasteiger charge is -2.16. The molecule has 0 heterocycles. The van der Waals surface area contributed by atoms with Gasteiger partial charge in [0.05, 0.1) is 25.3 Å². The van der Waals surface area contributed by atoms with Crippen molar-refractivity contribution < 1.29 is 29.1 Å². The van der Waals surface area contributed by atoms with Crippen LogP contribution in [0.1, 0.15) is 43.0 Å². The summed E-state index contributed by atoms with van der Waals surface area (Å²) in [6.07, 6.45) is 2.89. The van der Waals surface area contributed by atoms with Crippen LogP contribution >= 0.6 is 0 Å². The zero-order valence-corrected chi connectivity index (χ0v) is 15.8. The van der Waals surface area contributed by atoms with Crippen LogP contribution in [0.2, 0.25) is 19.6 Å². The van der Waals surface area contributed by atoms with Gasteiger partial charge in [-0.15, -0.1) is 0 Å². The third-order valence-electron chi connectivity index (χ3n) is 3.42. The highest BCUT2D eigenvalue weighted by atomic mass is 28.3. The van der Waals surface area contributed by atoms with Crippen LogP contribution in [0.4, 0.5) is 4.79 Å². The first-order valence-corrected chi connectivity index (χ1v) is 11.7. The van der Waals surface area contributed by atoms with Gasteiger partial charge < -0.3 is 4.74 Å². The third-order valence-corrected chi connectivity index (χ3v) is 5.48. The minimum Gasteiger partial charge on any atom is -0.432 e. The van der Waals surface area contributed by atoms with Crippen molar-refractivity contribution in [2.45, 2.75) is 52.2 Å². The maximum absolute atomic E-state index is 11.8. The van der Waals surface area contributed by atoms with Gasteiger partial charge in [-0.2, -0.15) is 0 Å². The van der Waals surface area contributed by atoms with Gasteiger partial charge in [0.1, 0.15) is 0 Å². The Labute approximate surface area is 143 Å². The molecule has 1 rings (SSSR count). The van der Waals surface area contributed by atoms with Crippen LogP contribution in [-0.2, 0) is 19.6 Å². The third kappa shape index (κ3) is 7.61.